The monoisotopic (exact) mass is 289 g/mol. The maximum Gasteiger partial charge on any atom is 0.341 e. The first-order valence-electron chi connectivity index (χ1n) is 7.26. The number of unbranched alkanes of at least 4 members (excludes halogenated alkanes) is 2. The first-order chi connectivity index (χ1) is 10.2. The van der Waals surface area contributed by atoms with Gasteiger partial charge in [0.15, 0.2) is 6.04 Å². The molecule has 1 rings (SSSR count). The average molecular weight is 289 g/mol. The van der Waals surface area contributed by atoms with Gasteiger partial charge in [-0.25, -0.2) is 4.79 Å². The minimum absolute atomic E-state index is 0.344. The lowest BCUT2D eigenvalue weighted by Gasteiger charge is -2.13. The van der Waals surface area contributed by atoms with Gasteiger partial charge in [-0.15, -0.1) is 5.92 Å². The number of carbonyl (C=O) groups is 1. The number of benzene rings is 1. The first-order valence-corrected chi connectivity index (χ1v) is 7.26. The van der Waals surface area contributed by atoms with E-state index in [9.17, 15) is 4.79 Å². The van der Waals surface area contributed by atoms with Crippen LogP contribution < -0.4 is 10.1 Å². The summed E-state index contributed by atoms with van der Waals surface area (Å²) < 4.78 is 10.2. The molecule has 114 valence electrons. The van der Waals surface area contributed by atoms with Gasteiger partial charge < -0.3 is 14.8 Å². The van der Waals surface area contributed by atoms with Crippen LogP contribution in [0.15, 0.2) is 24.3 Å². The Labute approximate surface area is 126 Å². The highest BCUT2D eigenvalue weighted by Gasteiger charge is 2.16. The van der Waals surface area contributed by atoms with E-state index < -0.39 is 6.04 Å². The van der Waals surface area contributed by atoms with E-state index in [1.165, 1.54) is 0 Å². The largest absolute Gasteiger partial charge is 0.497 e. The SMILES string of the molecule is CCCCC#CC(Nc1ccc(OC)cc1)C(=O)OCC. The van der Waals surface area contributed by atoms with Gasteiger partial charge in [0.1, 0.15) is 5.75 Å². The van der Waals surface area contributed by atoms with Gasteiger partial charge in [0.05, 0.1) is 13.7 Å². The molecule has 1 atom stereocenters. The highest BCUT2D eigenvalue weighted by molar-refractivity contribution is 5.83. The molecule has 0 aromatic heterocycles. The lowest BCUT2D eigenvalue weighted by atomic mass is 10.2. The predicted octanol–water partition coefficient (Wildman–Crippen LogP) is 3.23. The summed E-state index contributed by atoms with van der Waals surface area (Å²) in [6.45, 7) is 4.24. The fourth-order valence-corrected chi connectivity index (χ4v) is 1.67. The van der Waals surface area contributed by atoms with Crippen molar-refractivity contribution in [1.82, 2.24) is 0 Å². The maximum absolute atomic E-state index is 11.9. The molecule has 1 aromatic carbocycles. The second-order valence-electron chi connectivity index (χ2n) is 4.48. The fourth-order valence-electron chi connectivity index (χ4n) is 1.67. The Morgan fingerprint density at radius 3 is 2.57 bits per heavy atom. The summed E-state index contributed by atoms with van der Waals surface area (Å²) in [5, 5.41) is 3.09. The molecule has 0 saturated carbocycles. The van der Waals surface area contributed by atoms with Gasteiger partial charge in [0.2, 0.25) is 0 Å². The van der Waals surface area contributed by atoms with Crippen LogP contribution in [0.3, 0.4) is 0 Å². The molecule has 4 nitrogen and oxygen atoms in total. The summed E-state index contributed by atoms with van der Waals surface area (Å²) in [4.78, 5) is 11.9. The summed E-state index contributed by atoms with van der Waals surface area (Å²) in [5.74, 6) is 6.40. The lowest BCUT2D eigenvalue weighted by Crippen LogP contribution is -2.30. The van der Waals surface area contributed by atoms with Crippen LogP contribution in [0.25, 0.3) is 0 Å². The topological polar surface area (TPSA) is 47.6 Å². The molecule has 0 fully saturated rings. The first kappa shape index (κ1) is 16.9. The number of anilines is 1. The number of methoxy groups -OCH3 is 1. The number of ether oxygens (including phenoxy) is 2. The molecular formula is C17H23NO3. The number of hydrogen-bond acceptors (Lipinski definition) is 4. The van der Waals surface area contributed by atoms with Gasteiger partial charge in [-0.3, -0.25) is 0 Å². The van der Waals surface area contributed by atoms with Gasteiger partial charge in [0.25, 0.3) is 0 Å². The Bertz CT molecular complexity index is 485. The van der Waals surface area contributed by atoms with Crippen molar-refractivity contribution in [2.45, 2.75) is 39.2 Å². The van der Waals surface area contributed by atoms with Crippen LogP contribution in [0.2, 0.25) is 0 Å². The second kappa shape index (κ2) is 9.71. The smallest absolute Gasteiger partial charge is 0.341 e. The van der Waals surface area contributed by atoms with E-state index in [4.69, 9.17) is 9.47 Å². The zero-order valence-electron chi connectivity index (χ0n) is 12.9. The van der Waals surface area contributed by atoms with Crippen molar-refractivity contribution in [1.29, 1.82) is 0 Å². The molecule has 0 amide bonds. The van der Waals surface area contributed by atoms with Crippen molar-refractivity contribution in [2.75, 3.05) is 19.0 Å². The molecule has 0 spiro atoms. The van der Waals surface area contributed by atoms with Gasteiger partial charge in [0, 0.05) is 12.1 Å². The highest BCUT2D eigenvalue weighted by Crippen LogP contribution is 2.16. The van der Waals surface area contributed by atoms with E-state index in [1.54, 1.807) is 14.0 Å². The van der Waals surface area contributed by atoms with Crippen LogP contribution >= 0.6 is 0 Å². The summed E-state index contributed by atoms with van der Waals surface area (Å²) >= 11 is 0. The predicted molar refractivity (Wildman–Crippen MR) is 84.3 cm³/mol. The summed E-state index contributed by atoms with van der Waals surface area (Å²) in [7, 11) is 1.61. The molecule has 0 bridgehead atoms. The highest BCUT2D eigenvalue weighted by atomic mass is 16.5. The third kappa shape index (κ3) is 6.22. The minimum Gasteiger partial charge on any atom is -0.497 e. The summed E-state index contributed by atoms with van der Waals surface area (Å²) in [5.41, 5.74) is 0.804. The molecule has 0 aliphatic carbocycles. The van der Waals surface area contributed by atoms with Crippen molar-refractivity contribution < 1.29 is 14.3 Å². The van der Waals surface area contributed by atoms with E-state index in [1.807, 2.05) is 24.3 Å². The normalized spacial score (nSPS) is 11.0. The minimum atomic E-state index is -0.643. The van der Waals surface area contributed by atoms with Crippen molar-refractivity contribution >= 4 is 11.7 Å². The van der Waals surface area contributed by atoms with Crippen molar-refractivity contribution in [3.05, 3.63) is 24.3 Å². The molecule has 0 heterocycles. The van der Waals surface area contributed by atoms with Crippen molar-refractivity contribution in [3.63, 3.8) is 0 Å². The van der Waals surface area contributed by atoms with E-state index in [0.717, 1.165) is 30.7 Å². The molecular weight excluding hydrogens is 266 g/mol. The molecule has 1 N–H and O–H groups in total. The molecule has 4 heteroatoms. The van der Waals surface area contributed by atoms with Gasteiger partial charge in [-0.05, 0) is 37.6 Å². The third-order valence-electron chi connectivity index (χ3n) is 2.83. The molecule has 1 unspecified atom stereocenters. The summed E-state index contributed by atoms with van der Waals surface area (Å²) in [6, 6.07) is 6.71. The van der Waals surface area contributed by atoms with Crippen LogP contribution in [0.5, 0.6) is 5.75 Å². The zero-order valence-corrected chi connectivity index (χ0v) is 12.9. The Hall–Kier alpha value is -2.15. The van der Waals surface area contributed by atoms with E-state index >= 15 is 0 Å². The van der Waals surface area contributed by atoms with Crippen LogP contribution in [0.1, 0.15) is 33.1 Å². The third-order valence-corrected chi connectivity index (χ3v) is 2.83. The Morgan fingerprint density at radius 1 is 1.29 bits per heavy atom. The second-order valence-corrected chi connectivity index (χ2v) is 4.48. The quantitative estimate of drug-likeness (QED) is 0.475. The molecule has 0 aliphatic rings. The van der Waals surface area contributed by atoms with E-state index in [0.29, 0.717) is 6.61 Å². The Morgan fingerprint density at radius 2 is 2.00 bits per heavy atom. The fraction of sp³-hybridized carbons (Fsp3) is 0.471. The van der Waals surface area contributed by atoms with Crippen LogP contribution in [-0.4, -0.2) is 25.7 Å². The van der Waals surface area contributed by atoms with Crippen molar-refractivity contribution in [3.8, 4) is 17.6 Å². The number of nitrogens with one attached hydrogen (secondary N) is 1. The average Bonchev–Trinajstić information content (AvgIpc) is 2.51. The number of hydrogen-bond donors (Lipinski definition) is 1. The molecule has 1 aromatic rings. The Kier molecular flexibility index (Phi) is 7.81. The van der Waals surface area contributed by atoms with E-state index in [2.05, 4.69) is 24.1 Å². The Balaban J connectivity index is 2.74. The molecule has 0 aliphatic heterocycles. The van der Waals surface area contributed by atoms with Crippen LogP contribution in [0, 0.1) is 11.8 Å². The van der Waals surface area contributed by atoms with Gasteiger partial charge in [-0.1, -0.05) is 19.3 Å². The lowest BCUT2D eigenvalue weighted by molar-refractivity contribution is -0.142. The number of rotatable bonds is 7. The standard InChI is InChI=1S/C17H23NO3/c1-4-6-7-8-9-16(17(19)21-5-2)18-14-10-12-15(20-3)13-11-14/h10-13,16,18H,4-7H2,1-3H3. The molecule has 0 saturated heterocycles. The van der Waals surface area contributed by atoms with Gasteiger partial charge >= 0.3 is 5.97 Å². The van der Waals surface area contributed by atoms with Crippen LogP contribution in [-0.2, 0) is 9.53 Å². The van der Waals surface area contributed by atoms with E-state index in [-0.39, 0.29) is 5.97 Å². The van der Waals surface area contributed by atoms with Crippen LogP contribution in [0.4, 0.5) is 5.69 Å². The molecule has 0 radical (unpaired) electrons. The van der Waals surface area contributed by atoms with Gasteiger partial charge in [-0.2, -0.15) is 0 Å². The number of esters is 1. The maximum atomic E-state index is 11.9. The molecule has 21 heavy (non-hydrogen) atoms. The zero-order chi connectivity index (χ0) is 15.5. The summed E-state index contributed by atoms with van der Waals surface area (Å²) in [6.07, 6.45) is 2.91. The van der Waals surface area contributed by atoms with Crippen molar-refractivity contribution in [2.24, 2.45) is 0 Å². The number of carbonyl (C=O) groups excluding carboxylic acids is 1.